The van der Waals surface area contributed by atoms with Gasteiger partial charge in [0.1, 0.15) is 0 Å². The molecular weight excluding hydrogens is 605 g/mol. The fourth-order valence-corrected chi connectivity index (χ4v) is 8.04. The van der Waals surface area contributed by atoms with Gasteiger partial charge in [-0.3, -0.25) is 0 Å². The molecule has 1 aliphatic carbocycles. The highest BCUT2D eigenvalue weighted by molar-refractivity contribution is 6.11. The van der Waals surface area contributed by atoms with E-state index in [9.17, 15) is 0 Å². The Morgan fingerprint density at radius 3 is 1.60 bits per heavy atom. The molecule has 236 valence electrons. The molecule has 0 bridgehead atoms. The first-order valence-electron chi connectivity index (χ1n) is 17.5. The number of benzene rings is 7. The van der Waals surface area contributed by atoms with E-state index in [-0.39, 0.29) is 0 Å². The van der Waals surface area contributed by atoms with Gasteiger partial charge in [-0.05, 0) is 119 Å². The van der Waals surface area contributed by atoms with Gasteiger partial charge in [0, 0.05) is 33.2 Å². The van der Waals surface area contributed by atoms with Crippen molar-refractivity contribution in [3.05, 3.63) is 187 Å². The highest BCUT2D eigenvalue weighted by Crippen LogP contribution is 2.40. The van der Waals surface area contributed by atoms with Gasteiger partial charge in [-0.2, -0.15) is 0 Å². The molecule has 0 atom stereocenters. The fraction of sp³-hybridized carbons (Fsp3) is 0.0417. The molecule has 9 aromatic rings. The summed E-state index contributed by atoms with van der Waals surface area (Å²) < 4.78 is 4.87. The minimum absolute atomic E-state index is 1.06. The fourth-order valence-electron chi connectivity index (χ4n) is 8.04. The third kappa shape index (κ3) is 4.64. The van der Waals surface area contributed by atoms with E-state index in [4.69, 9.17) is 0 Å². The number of nitrogens with zero attached hydrogens (tertiary/aromatic N) is 2. The van der Waals surface area contributed by atoms with Crippen molar-refractivity contribution in [1.82, 2.24) is 9.13 Å². The molecule has 0 amide bonds. The van der Waals surface area contributed by atoms with Crippen LogP contribution in [0.25, 0.3) is 83.5 Å². The topological polar surface area (TPSA) is 9.86 Å². The summed E-state index contributed by atoms with van der Waals surface area (Å²) in [6, 6.07) is 62.1. The molecule has 2 aromatic heterocycles. The zero-order valence-electron chi connectivity index (χ0n) is 27.6. The lowest BCUT2D eigenvalue weighted by Crippen LogP contribution is -1.99. The number of para-hydroxylation sites is 2. The molecule has 50 heavy (non-hydrogen) atoms. The molecule has 7 aromatic carbocycles. The monoisotopic (exact) mass is 638 g/mol. The predicted molar refractivity (Wildman–Crippen MR) is 211 cm³/mol. The zero-order valence-corrected chi connectivity index (χ0v) is 27.6. The molecule has 1 aliphatic rings. The second-order valence-electron chi connectivity index (χ2n) is 13.3. The number of hydrogen-bond acceptors (Lipinski definition) is 0. The van der Waals surface area contributed by atoms with Crippen LogP contribution in [0.2, 0.25) is 0 Å². The number of aryl methyl sites for hydroxylation is 1. The van der Waals surface area contributed by atoms with Gasteiger partial charge in [0.05, 0.1) is 16.6 Å². The van der Waals surface area contributed by atoms with Gasteiger partial charge < -0.3 is 9.13 Å². The van der Waals surface area contributed by atoms with E-state index in [2.05, 4.69) is 191 Å². The Balaban J connectivity index is 1.16. The van der Waals surface area contributed by atoms with Crippen LogP contribution in [0.5, 0.6) is 0 Å². The Labute approximate surface area is 291 Å². The molecule has 0 N–H and O–H groups in total. The normalized spacial score (nSPS) is 12.6. The van der Waals surface area contributed by atoms with Crippen LogP contribution in [0.3, 0.4) is 0 Å². The van der Waals surface area contributed by atoms with Gasteiger partial charge in [0.15, 0.2) is 0 Å². The van der Waals surface area contributed by atoms with Crippen LogP contribution in [0.15, 0.2) is 176 Å². The summed E-state index contributed by atoms with van der Waals surface area (Å²) in [7, 11) is 0. The number of hydrogen-bond donors (Lipinski definition) is 0. The number of rotatable bonds is 5. The van der Waals surface area contributed by atoms with Gasteiger partial charge in [0.2, 0.25) is 0 Å². The van der Waals surface area contributed by atoms with Crippen molar-refractivity contribution < 1.29 is 0 Å². The van der Waals surface area contributed by atoms with E-state index >= 15 is 0 Å². The Kier molecular flexibility index (Phi) is 6.67. The van der Waals surface area contributed by atoms with Gasteiger partial charge in [-0.15, -0.1) is 0 Å². The van der Waals surface area contributed by atoms with Crippen LogP contribution in [0.4, 0.5) is 0 Å². The summed E-state index contributed by atoms with van der Waals surface area (Å²) in [5.41, 5.74) is 16.1. The third-order valence-electron chi connectivity index (χ3n) is 10.4. The van der Waals surface area contributed by atoms with Crippen molar-refractivity contribution in [2.75, 3.05) is 0 Å². The average molecular weight is 639 g/mol. The van der Waals surface area contributed by atoms with Crippen LogP contribution in [0, 0.1) is 0 Å². The molecule has 2 heterocycles. The minimum Gasteiger partial charge on any atom is -0.310 e. The van der Waals surface area contributed by atoms with Crippen LogP contribution in [-0.4, -0.2) is 9.13 Å². The van der Waals surface area contributed by atoms with Crippen LogP contribution < -0.4 is 0 Å². The van der Waals surface area contributed by atoms with Crippen LogP contribution >= 0.6 is 0 Å². The Morgan fingerprint density at radius 1 is 0.360 bits per heavy atom. The molecule has 0 aliphatic heterocycles. The molecule has 2 heteroatoms. The number of fused-ring (bicyclic) bond motifs is 6. The molecule has 0 spiro atoms. The maximum absolute atomic E-state index is 2.44. The van der Waals surface area contributed by atoms with Crippen molar-refractivity contribution in [2.45, 2.75) is 12.8 Å². The summed E-state index contributed by atoms with van der Waals surface area (Å²) in [4.78, 5) is 0. The summed E-state index contributed by atoms with van der Waals surface area (Å²) >= 11 is 0. The first-order valence-corrected chi connectivity index (χ1v) is 17.5. The zero-order chi connectivity index (χ0) is 33.0. The summed E-state index contributed by atoms with van der Waals surface area (Å²) in [6.45, 7) is 0. The lowest BCUT2D eigenvalue weighted by atomic mass is 9.97. The molecule has 0 unspecified atom stereocenters. The van der Waals surface area contributed by atoms with Crippen molar-refractivity contribution in [3.8, 4) is 44.8 Å². The lowest BCUT2D eigenvalue weighted by Gasteiger charge is -2.14. The van der Waals surface area contributed by atoms with Crippen LogP contribution in [-0.2, 0) is 6.42 Å². The van der Waals surface area contributed by atoms with Gasteiger partial charge >= 0.3 is 0 Å². The molecule has 0 radical (unpaired) electrons. The largest absolute Gasteiger partial charge is 0.310 e. The molecule has 0 fully saturated rings. The van der Waals surface area contributed by atoms with Gasteiger partial charge in [0.25, 0.3) is 0 Å². The smallest absolute Gasteiger partial charge is 0.0541 e. The summed E-state index contributed by atoms with van der Waals surface area (Å²) in [6.07, 6.45) is 6.76. The van der Waals surface area contributed by atoms with Crippen LogP contribution in [0.1, 0.15) is 17.7 Å². The molecule has 2 nitrogen and oxygen atoms in total. The van der Waals surface area contributed by atoms with E-state index in [1.165, 1.54) is 83.0 Å². The van der Waals surface area contributed by atoms with Gasteiger partial charge in [-0.25, -0.2) is 0 Å². The van der Waals surface area contributed by atoms with E-state index in [1.54, 1.807) is 0 Å². The summed E-state index contributed by atoms with van der Waals surface area (Å²) in [5, 5.41) is 3.87. The van der Waals surface area contributed by atoms with Gasteiger partial charge in [-0.1, -0.05) is 115 Å². The Bertz CT molecular complexity index is 2670. The standard InChI is InChI=1S/C48H34N2/c1-4-14-33(15-5-1)37-28-38(34-16-6-2-7-17-34)30-40(29-37)50-46-23-13-11-21-42(46)44-32-36(25-27-48(44)50)35-24-26-47-43(31-35)41-20-10-12-22-45(41)49(47)39-18-8-3-9-19-39/h1-9,11-19,21-32H,10,20H2. The highest BCUT2D eigenvalue weighted by atomic mass is 15.0. The average Bonchev–Trinajstić information content (AvgIpc) is 3.71. The Hall–Kier alpha value is -6.38. The lowest BCUT2D eigenvalue weighted by molar-refractivity contribution is 0.967. The number of aromatic nitrogens is 2. The van der Waals surface area contributed by atoms with E-state index < -0.39 is 0 Å². The van der Waals surface area contributed by atoms with Crippen molar-refractivity contribution in [2.24, 2.45) is 0 Å². The number of allylic oxidation sites excluding steroid dienone is 1. The van der Waals surface area contributed by atoms with Crippen molar-refractivity contribution >= 4 is 38.8 Å². The molecule has 0 saturated heterocycles. The van der Waals surface area contributed by atoms with E-state index in [0.717, 1.165) is 18.5 Å². The first-order chi connectivity index (χ1) is 24.8. The molecule has 10 rings (SSSR count). The second kappa shape index (κ2) is 11.6. The molecule has 0 saturated carbocycles. The quantitative estimate of drug-likeness (QED) is 0.178. The Morgan fingerprint density at radius 2 is 0.920 bits per heavy atom. The third-order valence-corrected chi connectivity index (χ3v) is 10.4. The predicted octanol–water partition coefficient (Wildman–Crippen LogP) is 12.7. The summed E-state index contributed by atoms with van der Waals surface area (Å²) in [5.74, 6) is 0. The highest BCUT2D eigenvalue weighted by Gasteiger charge is 2.20. The SMILES string of the molecule is C1=Cc2c(c3cc(-c4ccc5c(c4)c4ccccc4n5-c4cc(-c5ccccc5)cc(-c5ccccc5)c4)ccc3n2-c2ccccc2)CC1. The maximum atomic E-state index is 2.44. The molecular formula is C48H34N2. The van der Waals surface area contributed by atoms with E-state index in [0.29, 0.717) is 0 Å². The first kappa shape index (κ1) is 28.6. The second-order valence-corrected chi connectivity index (χ2v) is 13.3. The van der Waals surface area contributed by atoms with E-state index in [1.807, 2.05) is 0 Å². The minimum atomic E-state index is 1.06. The van der Waals surface area contributed by atoms with Crippen molar-refractivity contribution in [1.29, 1.82) is 0 Å². The maximum Gasteiger partial charge on any atom is 0.0541 e. The van der Waals surface area contributed by atoms with Crippen molar-refractivity contribution in [3.63, 3.8) is 0 Å².